The van der Waals surface area contributed by atoms with Gasteiger partial charge in [0.2, 0.25) is 5.91 Å². The maximum absolute atomic E-state index is 12.9. The molecule has 2 fully saturated rings. The summed E-state index contributed by atoms with van der Waals surface area (Å²) in [6, 6.07) is 6.00. The lowest BCUT2D eigenvalue weighted by Crippen LogP contribution is -2.57. The Morgan fingerprint density at radius 1 is 1.17 bits per heavy atom. The molecule has 7 nitrogen and oxygen atoms in total. The summed E-state index contributed by atoms with van der Waals surface area (Å²) in [7, 11) is 5.06. The second-order valence-electron chi connectivity index (χ2n) is 8.33. The van der Waals surface area contributed by atoms with Gasteiger partial charge >= 0.3 is 0 Å². The van der Waals surface area contributed by atoms with Gasteiger partial charge in [-0.3, -0.25) is 9.69 Å². The fourth-order valence-corrected chi connectivity index (χ4v) is 4.52. The number of hydrogen-bond donors (Lipinski definition) is 1. The fourth-order valence-electron chi connectivity index (χ4n) is 4.52. The highest BCUT2D eigenvalue weighted by Gasteiger charge is 2.37. The van der Waals surface area contributed by atoms with E-state index >= 15 is 0 Å². The first kappa shape index (κ1) is 22.8. The van der Waals surface area contributed by atoms with Crippen LogP contribution in [-0.2, 0) is 20.8 Å². The Balaban J connectivity index is 1.62. The first-order valence-electron chi connectivity index (χ1n) is 10.9. The van der Waals surface area contributed by atoms with Crippen LogP contribution in [0, 0.1) is 5.92 Å². The van der Waals surface area contributed by atoms with E-state index in [-0.39, 0.29) is 17.4 Å². The number of hydrogen-bond acceptors (Lipinski definition) is 6. The van der Waals surface area contributed by atoms with Crippen LogP contribution in [0.15, 0.2) is 18.2 Å². The van der Waals surface area contributed by atoms with Gasteiger partial charge in [-0.15, -0.1) is 0 Å². The molecule has 2 aliphatic heterocycles. The second-order valence-corrected chi connectivity index (χ2v) is 8.33. The topological polar surface area (TPSA) is 69.3 Å². The smallest absolute Gasteiger partial charge is 0.223 e. The van der Waals surface area contributed by atoms with Gasteiger partial charge in [0, 0.05) is 63.6 Å². The van der Waals surface area contributed by atoms with Crippen molar-refractivity contribution in [2.75, 3.05) is 54.2 Å². The van der Waals surface area contributed by atoms with Crippen molar-refractivity contribution in [3.8, 4) is 11.5 Å². The largest absolute Gasteiger partial charge is 0.493 e. The molecule has 1 aromatic rings. The van der Waals surface area contributed by atoms with Crippen LogP contribution < -0.4 is 14.8 Å². The fraction of sp³-hybridized carbons (Fsp3) is 0.696. The summed E-state index contributed by atoms with van der Waals surface area (Å²) in [6.07, 6.45) is 4.30. The predicted molar refractivity (Wildman–Crippen MR) is 115 cm³/mol. The van der Waals surface area contributed by atoms with Crippen LogP contribution in [0.25, 0.3) is 0 Å². The molecule has 168 valence electrons. The summed E-state index contributed by atoms with van der Waals surface area (Å²) in [6.45, 7) is 4.64. The van der Waals surface area contributed by atoms with E-state index in [1.807, 2.05) is 12.1 Å². The Labute approximate surface area is 180 Å². The number of para-hydroxylation sites is 1. The average Bonchev–Trinajstić information content (AvgIpc) is 2.79. The number of piperidine rings is 1. The zero-order chi connectivity index (χ0) is 21.4. The first-order valence-corrected chi connectivity index (χ1v) is 10.9. The molecule has 0 aromatic heterocycles. The highest BCUT2D eigenvalue weighted by atomic mass is 16.5. The number of amides is 1. The van der Waals surface area contributed by atoms with Crippen molar-refractivity contribution in [1.82, 2.24) is 10.2 Å². The van der Waals surface area contributed by atoms with E-state index in [1.54, 1.807) is 21.3 Å². The lowest BCUT2D eigenvalue weighted by atomic mass is 9.83. The summed E-state index contributed by atoms with van der Waals surface area (Å²) in [4.78, 5) is 15.3. The molecule has 0 unspecified atom stereocenters. The molecule has 7 heteroatoms. The minimum atomic E-state index is -0.194. The summed E-state index contributed by atoms with van der Waals surface area (Å²) in [5, 5.41) is 3.42. The van der Waals surface area contributed by atoms with Crippen molar-refractivity contribution in [2.45, 2.75) is 44.2 Å². The first-order chi connectivity index (χ1) is 14.6. The van der Waals surface area contributed by atoms with Gasteiger partial charge in [-0.2, -0.15) is 0 Å². The van der Waals surface area contributed by atoms with Crippen LogP contribution in [0.3, 0.4) is 0 Å². The Bertz CT molecular complexity index is 682. The molecule has 3 rings (SSSR count). The number of benzene rings is 1. The summed E-state index contributed by atoms with van der Waals surface area (Å²) in [5.41, 5.74) is 0.924. The van der Waals surface area contributed by atoms with Gasteiger partial charge < -0.3 is 24.3 Å². The molecule has 2 saturated heterocycles. The van der Waals surface area contributed by atoms with Crippen molar-refractivity contribution < 1.29 is 23.7 Å². The molecule has 0 saturated carbocycles. The number of nitrogens with zero attached hydrogens (tertiary/aromatic N) is 1. The van der Waals surface area contributed by atoms with E-state index in [1.165, 1.54) is 0 Å². The van der Waals surface area contributed by atoms with E-state index in [9.17, 15) is 4.79 Å². The lowest BCUT2D eigenvalue weighted by molar-refractivity contribution is -0.130. The molecule has 0 bridgehead atoms. The SMILES string of the molecule is COCCC1(NC(=O)C2CCOCC2)CCN(Cc2cccc(OC)c2OC)CC1. The van der Waals surface area contributed by atoms with Gasteiger partial charge in [-0.05, 0) is 38.2 Å². The Morgan fingerprint density at radius 2 is 1.90 bits per heavy atom. The van der Waals surface area contributed by atoms with E-state index in [0.717, 1.165) is 68.8 Å². The van der Waals surface area contributed by atoms with Crippen LogP contribution >= 0.6 is 0 Å². The standard InChI is InChI=1S/C23H36N2O5/c1-27-16-11-23(24-22(26)18-7-14-30-15-8-18)9-12-25(13-10-23)17-19-5-4-6-20(28-2)21(19)29-3/h4-6,18H,7-17H2,1-3H3,(H,24,26). The second kappa shape index (κ2) is 11.0. The minimum Gasteiger partial charge on any atom is -0.493 e. The molecule has 0 aliphatic carbocycles. The van der Waals surface area contributed by atoms with Gasteiger partial charge in [0.25, 0.3) is 0 Å². The zero-order valence-corrected chi connectivity index (χ0v) is 18.6. The lowest BCUT2D eigenvalue weighted by Gasteiger charge is -2.43. The number of carbonyl (C=O) groups is 1. The highest BCUT2D eigenvalue weighted by Crippen LogP contribution is 2.33. The van der Waals surface area contributed by atoms with Crippen LogP contribution in [0.1, 0.15) is 37.7 Å². The van der Waals surface area contributed by atoms with Crippen molar-refractivity contribution in [3.05, 3.63) is 23.8 Å². The number of methoxy groups -OCH3 is 3. The van der Waals surface area contributed by atoms with Crippen molar-refractivity contribution in [2.24, 2.45) is 5.92 Å². The monoisotopic (exact) mass is 420 g/mol. The average molecular weight is 421 g/mol. The van der Waals surface area contributed by atoms with E-state index < -0.39 is 0 Å². The van der Waals surface area contributed by atoms with Crippen molar-refractivity contribution in [3.63, 3.8) is 0 Å². The van der Waals surface area contributed by atoms with Crippen LogP contribution in [0.4, 0.5) is 0 Å². The van der Waals surface area contributed by atoms with Crippen molar-refractivity contribution >= 4 is 5.91 Å². The third kappa shape index (κ3) is 5.65. The highest BCUT2D eigenvalue weighted by molar-refractivity contribution is 5.79. The van der Waals surface area contributed by atoms with Gasteiger partial charge in [0.1, 0.15) is 0 Å². The summed E-state index contributed by atoms with van der Waals surface area (Å²) < 4.78 is 21.8. The molecule has 2 aliphatic rings. The number of likely N-dealkylation sites (tertiary alicyclic amines) is 1. The molecule has 1 N–H and O–H groups in total. The van der Waals surface area contributed by atoms with Gasteiger partial charge in [-0.1, -0.05) is 12.1 Å². The summed E-state index contributed by atoms with van der Waals surface area (Å²) in [5.74, 6) is 1.80. The molecule has 0 atom stereocenters. The van der Waals surface area contributed by atoms with E-state index in [2.05, 4.69) is 16.3 Å². The Morgan fingerprint density at radius 3 is 2.53 bits per heavy atom. The summed E-state index contributed by atoms with van der Waals surface area (Å²) >= 11 is 0. The Hall–Kier alpha value is -1.83. The van der Waals surface area contributed by atoms with Gasteiger partial charge in [-0.25, -0.2) is 0 Å². The molecule has 2 heterocycles. The number of carbonyl (C=O) groups excluding carboxylic acids is 1. The zero-order valence-electron chi connectivity index (χ0n) is 18.6. The molecule has 0 radical (unpaired) electrons. The Kier molecular flexibility index (Phi) is 8.36. The maximum atomic E-state index is 12.9. The van der Waals surface area contributed by atoms with E-state index in [0.29, 0.717) is 19.8 Å². The van der Waals surface area contributed by atoms with Crippen molar-refractivity contribution in [1.29, 1.82) is 0 Å². The third-order valence-corrected chi connectivity index (χ3v) is 6.46. The molecular weight excluding hydrogens is 384 g/mol. The van der Waals surface area contributed by atoms with Crippen LogP contribution in [0.2, 0.25) is 0 Å². The molecule has 1 amide bonds. The minimum absolute atomic E-state index is 0.0669. The van der Waals surface area contributed by atoms with Gasteiger partial charge in [0.05, 0.1) is 14.2 Å². The van der Waals surface area contributed by atoms with Crippen LogP contribution in [-0.4, -0.2) is 70.6 Å². The molecule has 1 aromatic carbocycles. The number of ether oxygens (including phenoxy) is 4. The molecule has 30 heavy (non-hydrogen) atoms. The molecule has 0 spiro atoms. The van der Waals surface area contributed by atoms with Crippen LogP contribution in [0.5, 0.6) is 11.5 Å². The maximum Gasteiger partial charge on any atom is 0.223 e. The number of rotatable bonds is 9. The van der Waals surface area contributed by atoms with Gasteiger partial charge in [0.15, 0.2) is 11.5 Å². The third-order valence-electron chi connectivity index (χ3n) is 6.46. The number of nitrogens with one attached hydrogen (secondary N) is 1. The normalized spacial score (nSPS) is 20.0. The van der Waals surface area contributed by atoms with E-state index in [4.69, 9.17) is 18.9 Å². The molecular formula is C23H36N2O5. The quantitative estimate of drug-likeness (QED) is 0.662. The predicted octanol–water partition coefficient (Wildman–Crippen LogP) is 2.62.